The molecule has 2 aromatic heterocycles. The Labute approximate surface area is 199 Å². The highest BCUT2D eigenvalue weighted by molar-refractivity contribution is 7.16. The molecule has 168 valence electrons. The molecule has 0 saturated carbocycles. The van der Waals surface area contributed by atoms with Crippen molar-refractivity contribution in [2.75, 3.05) is 32.7 Å². The SMILES string of the molecule is CC(c1ccccc1)n1c(C(=O)N2CCN(CC=Cc3ccccc3)CC2)cc2ccsc21. The van der Waals surface area contributed by atoms with Crippen LogP contribution in [0, 0.1) is 0 Å². The minimum atomic E-state index is 0.103. The normalized spacial score (nSPS) is 16.0. The molecule has 4 nitrogen and oxygen atoms in total. The minimum absolute atomic E-state index is 0.103. The van der Waals surface area contributed by atoms with Crippen molar-refractivity contribution in [2.45, 2.75) is 13.0 Å². The molecule has 1 saturated heterocycles. The predicted molar refractivity (Wildman–Crippen MR) is 138 cm³/mol. The van der Waals surface area contributed by atoms with Crippen molar-refractivity contribution < 1.29 is 4.79 Å². The number of hydrogen-bond donors (Lipinski definition) is 0. The van der Waals surface area contributed by atoms with Gasteiger partial charge in [0.1, 0.15) is 10.5 Å². The molecule has 33 heavy (non-hydrogen) atoms. The molecule has 1 aliphatic rings. The molecule has 0 radical (unpaired) electrons. The molecule has 5 heteroatoms. The third kappa shape index (κ3) is 4.65. The zero-order valence-electron chi connectivity index (χ0n) is 18.9. The molecule has 0 spiro atoms. The van der Waals surface area contributed by atoms with E-state index in [1.807, 2.05) is 17.0 Å². The molecule has 3 heterocycles. The van der Waals surface area contributed by atoms with Crippen LogP contribution in [0.25, 0.3) is 16.3 Å². The van der Waals surface area contributed by atoms with E-state index in [1.54, 1.807) is 11.3 Å². The zero-order chi connectivity index (χ0) is 22.6. The van der Waals surface area contributed by atoms with E-state index in [-0.39, 0.29) is 11.9 Å². The van der Waals surface area contributed by atoms with Gasteiger partial charge in [0.25, 0.3) is 5.91 Å². The molecule has 1 atom stereocenters. The number of carbonyl (C=O) groups is 1. The van der Waals surface area contributed by atoms with Crippen LogP contribution >= 0.6 is 11.3 Å². The fourth-order valence-electron chi connectivity index (χ4n) is 4.57. The van der Waals surface area contributed by atoms with Crippen LogP contribution in [0.4, 0.5) is 0 Å². The number of nitrogens with zero attached hydrogens (tertiary/aromatic N) is 3. The molecule has 1 unspecified atom stereocenters. The summed E-state index contributed by atoms with van der Waals surface area (Å²) in [7, 11) is 0. The van der Waals surface area contributed by atoms with E-state index in [0.717, 1.165) is 43.8 Å². The van der Waals surface area contributed by atoms with E-state index < -0.39 is 0 Å². The second-order valence-corrected chi connectivity index (χ2v) is 9.47. The number of hydrogen-bond acceptors (Lipinski definition) is 3. The maximum atomic E-state index is 13.6. The summed E-state index contributed by atoms with van der Waals surface area (Å²) in [5, 5.41) is 3.25. The molecule has 2 aromatic carbocycles. The number of thiophene rings is 1. The summed E-state index contributed by atoms with van der Waals surface area (Å²) in [5.74, 6) is 0.139. The van der Waals surface area contributed by atoms with Crippen molar-refractivity contribution in [1.82, 2.24) is 14.4 Å². The van der Waals surface area contributed by atoms with Crippen LogP contribution in [0.1, 0.15) is 34.6 Å². The topological polar surface area (TPSA) is 28.5 Å². The highest BCUT2D eigenvalue weighted by atomic mass is 32.1. The van der Waals surface area contributed by atoms with Gasteiger partial charge in [0.2, 0.25) is 0 Å². The van der Waals surface area contributed by atoms with Gasteiger partial charge in [-0.15, -0.1) is 11.3 Å². The van der Waals surface area contributed by atoms with Gasteiger partial charge >= 0.3 is 0 Å². The Morgan fingerprint density at radius 3 is 2.39 bits per heavy atom. The highest BCUT2D eigenvalue weighted by Gasteiger charge is 2.27. The summed E-state index contributed by atoms with van der Waals surface area (Å²) >= 11 is 1.71. The summed E-state index contributed by atoms with van der Waals surface area (Å²) in [4.78, 5) is 19.2. The lowest BCUT2D eigenvalue weighted by molar-refractivity contribution is 0.0639. The third-order valence-corrected chi connectivity index (χ3v) is 7.39. The van der Waals surface area contributed by atoms with Gasteiger partial charge in [-0.2, -0.15) is 0 Å². The summed E-state index contributed by atoms with van der Waals surface area (Å²) in [5.41, 5.74) is 3.23. The van der Waals surface area contributed by atoms with E-state index in [4.69, 9.17) is 0 Å². The van der Waals surface area contributed by atoms with Gasteiger partial charge in [-0.25, -0.2) is 0 Å². The third-order valence-electron chi connectivity index (χ3n) is 6.47. The number of aromatic nitrogens is 1. The summed E-state index contributed by atoms with van der Waals surface area (Å²) in [6.07, 6.45) is 4.38. The first kappa shape index (κ1) is 21.7. The van der Waals surface area contributed by atoms with Crippen molar-refractivity contribution >= 4 is 33.5 Å². The van der Waals surface area contributed by atoms with Gasteiger partial charge < -0.3 is 9.47 Å². The van der Waals surface area contributed by atoms with Crippen LogP contribution < -0.4 is 0 Å². The van der Waals surface area contributed by atoms with Gasteiger partial charge in [0, 0.05) is 38.1 Å². The molecule has 4 aromatic rings. The van der Waals surface area contributed by atoms with Gasteiger partial charge in [-0.1, -0.05) is 72.8 Å². The van der Waals surface area contributed by atoms with E-state index in [9.17, 15) is 4.79 Å². The Kier molecular flexibility index (Phi) is 6.42. The van der Waals surface area contributed by atoms with E-state index in [1.165, 1.54) is 16.0 Å². The Bertz CT molecular complexity index is 1230. The van der Waals surface area contributed by atoms with Gasteiger partial charge in [-0.3, -0.25) is 9.69 Å². The first-order valence-corrected chi connectivity index (χ1v) is 12.5. The Balaban J connectivity index is 1.28. The van der Waals surface area contributed by atoms with Crippen LogP contribution in [0.15, 0.2) is 84.3 Å². The molecule has 1 fully saturated rings. The number of fused-ring (bicyclic) bond motifs is 1. The largest absolute Gasteiger partial charge is 0.335 e. The lowest BCUT2D eigenvalue weighted by Gasteiger charge is -2.34. The molecule has 0 N–H and O–H groups in total. The first-order chi connectivity index (χ1) is 16.2. The number of amides is 1. The minimum Gasteiger partial charge on any atom is -0.335 e. The molecule has 1 aliphatic heterocycles. The maximum Gasteiger partial charge on any atom is 0.270 e. The molecular weight excluding hydrogens is 426 g/mol. The molecule has 1 amide bonds. The predicted octanol–water partition coefficient (Wildman–Crippen LogP) is 5.78. The fraction of sp³-hybridized carbons (Fsp3) is 0.250. The average Bonchev–Trinajstić information content (AvgIpc) is 3.46. The van der Waals surface area contributed by atoms with Crippen LogP contribution in [-0.4, -0.2) is 53.0 Å². The number of benzene rings is 2. The fourth-order valence-corrected chi connectivity index (χ4v) is 5.55. The van der Waals surface area contributed by atoms with E-state index in [2.05, 4.69) is 94.6 Å². The Hall–Kier alpha value is -3.15. The highest BCUT2D eigenvalue weighted by Crippen LogP contribution is 2.32. The molecule has 5 rings (SSSR count). The van der Waals surface area contributed by atoms with Crippen molar-refractivity contribution in [3.63, 3.8) is 0 Å². The maximum absolute atomic E-state index is 13.6. The number of rotatable bonds is 6. The van der Waals surface area contributed by atoms with Crippen molar-refractivity contribution in [3.05, 3.63) is 101 Å². The summed E-state index contributed by atoms with van der Waals surface area (Å²) in [6.45, 7) is 6.41. The standard InChI is InChI=1S/C28H29N3OS/c1-22(24-12-6-3-7-13-24)31-26(21-25-14-20-33-28(25)31)27(32)30-18-16-29(17-19-30)15-8-11-23-9-4-2-5-10-23/h2-14,20-22H,15-19H2,1H3. The zero-order valence-corrected chi connectivity index (χ0v) is 19.7. The monoisotopic (exact) mass is 455 g/mol. The lowest BCUT2D eigenvalue weighted by Crippen LogP contribution is -2.49. The smallest absolute Gasteiger partial charge is 0.270 e. The van der Waals surface area contributed by atoms with Gasteiger partial charge in [0.15, 0.2) is 0 Å². The van der Waals surface area contributed by atoms with Crippen molar-refractivity contribution in [2.24, 2.45) is 0 Å². The van der Waals surface area contributed by atoms with Crippen molar-refractivity contribution in [1.29, 1.82) is 0 Å². The number of carbonyl (C=O) groups excluding carboxylic acids is 1. The van der Waals surface area contributed by atoms with Gasteiger partial charge in [-0.05, 0) is 35.6 Å². The molecular formula is C28H29N3OS. The molecule has 0 aliphatic carbocycles. The first-order valence-electron chi connectivity index (χ1n) is 11.6. The second kappa shape index (κ2) is 9.77. The number of piperazine rings is 1. The second-order valence-electron chi connectivity index (χ2n) is 8.57. The summed E-state index contributed by atoms with van der Waals surface area (Å²) in [6, 6.07) is 25.1. The Morgan fingerprint density at radius 1 is 0.970 bits per heavy atom. The van der Waals surface area contributed by atoms with E-state index >= 15 is 0 Å². The summed E-state index contributed by atoms with van der Waals surface area (Å²) < 4.78 is 2.23. The van der Waals surface area contributed by atoms with Crippen molar-refractivity contribution in [3.8, 4) is 0 Å². The van der Waals surface area contributed by atoms with E-state index in [0.29, 0.717) is 0 Å². The average molecular weight is 456 g/mol. The lowest BCUT2D eigenvalue weighted by atomic mass is 10.1. The van der Waals surface area contributed by atoms with Crippen LogP contribution in [-0.2, 0) is 0 Å². The van der Waals surface area contributed by atoms with Crippen LogP contribution in [0.5, 0.6) is 0 Å². The Morgan fingerprint density at radius 2 is 1.67 bits per heavy atom. The van der Waals surface area contributed by atoms with Crippen LogP contribution in [0.2, 0.25) is 0 Å². The van der Waals surface area contributed by atoms with Crippen LogP contribution in [0.3, 0.4) is 0 Å². The molecule has 0 bridgehead atoms. The van der Waals surface area contributed by atoms with Gasteiger partial charge in [0.05, 0.1) is 6.04 Å². The quantitative estimate of drug-likeness (QED) is 0.369.